The standard InChI is InChI=1S/C20H22N4S2/c1-3-11-23-19(16-7-5-4-6-8-16)21-24(20(23)25)14-22-12-9-18-17(15(22)2)10-13-26-18/h3-8,10,13,15H,1,9,11-12,14H2,2H3/p+1/t15-/m0/s1. The van der Waals surface area contributed by atoms with Crippen molar-refractivity contribution >= 4 is 23.6 Å². The first-order valence-corrected chi connectivity index (χ1v) is 10.2. The fraction of sp³-hybridized carbons (Fsp3) is 0.300. The number of rotatable bonds is 5. The molecule has 1 unspecified atom stereocenters. The monoisotopic (exact) mass is 383 g/mol. The maximum Gasteiger partial charge on any atom is 0.203 e. The fourth-order valence-corrected chi connectivity index (χ4v) is 4.94. The van der Waals surface area contributed by atoms with Crippen LogP contribution in [0.2, 0.25) is 0 Å². The lowest BCUT2D eigenvalue weighted by Crippen LogP contribution is -3.12. The molecular formula is C20H23N4S2+. The number of benzene rings is 1. The van der Waals surface area contributed by atoms with E-state index in [0.29, 0.717) is 12.6 Å². The van der Waals surface area contributed by atoms with Crippen LogP contribution in [0.3, 0.4) is 0 Å². The van der Waals surface area contributed by atoms with Crippen LogP contribution in [0.5, 0.6) is 0 Å². The Kier molecular flexibility index (Phi) is 4.89. The molecule has 4 nitrogen and oxygen atoms in total. The lowest BCUT2D eigenvalue weighted by Gasteiger charge is -2.30. The van der Waals surface area contributed by atoms with Crippen molar-refractivity contribution in [2.75, 3.05) is 6.54 Å². The number of hydrogen-bond acceptors (Lipinski definition) is 3. The van der Waals surface area contributed by atoms with Crippen molar-refractivity contribution in [2.24, 2.45) is 0 Å². The molecule has 0 aliphatic carbocycles. The number of aromatic nitrogens is 3. The van der Waals surface area contributed by atoms with E-state index in [1.165, 1.54) is 15.3 Å². The van der Waals surface area contributed by atoms with Gasteiger partial charge in [0, 0.05) is 29.0 Å². The average Bonchev–Trinajstić information content (AvgIpc) is 3.26. The average molecular weight is 384 g/mol. The molecule has 1 aliphatic heterocycles. The molecule has 134 valence electrons. The summed E-state index contributed by atoms with van der Waals surface area (Å²) in [7, 11) is 0. The van der Waals surface area contributed by atoms with Crippen molar-refractivity contribution in [2.45, 2.75) is 32.6 Å². The number of fused-ring (bicyclic) bond motifs is 1. The van der Waals surface area contributed by atoms with Gasteiger partial charge in [-0.3, -0.25) is 4.57 Å². The lowest BCUT2D eigenvalue weighted by molar-refractivity contribution is -0.954. The molecule has 0 radical (unpaired) electrons. The van der Waals surface area contributed by atoms with Gasteiger partial charge in [-0.15, -0.1) is 23.0 Å². The van der Waals surface area contributed by atoms with Crippen LogP contribution in [0.15, 0.2) is 54.4 Å². The molecule has 26 heavy (non-hydrogen) atoms. The molecule has 2 aromatic heterocycles. The Labute approximate surface area is 163 Å². The summed E-state index contributed by atoms with van der Waals surface area (Å²) in [4.78, 5) is 3.04. The van der Waals surface area contributed by atoms with Crippen molar-refractivity contribution < 1.29 is 4.90 Å². The summed E-state index contributed by atoms with van der Waals surface area (Å²) in [6.45, 7) is 8.76. The minimum atomic E-state index is 0.469. The first-order valence-electron chi connectivity index (χ1n) is 8.94. The van der Waals surface area contributed by atoms with Crippen LogP contribution in [-0.4, -0.2) is 20.9 Å². The van der Waals surface area contributed by atoms with Gasteiger partial charge in [-0.05, 0) is 30.6 Å². The van der Waals surface area contributed by atoms with E-state index in [-0.39, 0.29) is 0 Å². The van der Waals surface area contributed by atoms with Crippen LogP contribution in [-0.2, 0) is 19.6 Å². The second kappa shape index (κ2) is 7.31. The molecule has 1 aliphatic rings. The predicted octanol–water partition coefficient (Wildman–Crippen LogP) is 3.49. The van der Waals surface area contributed by atoms with Crippen LogP contribution in [0.25, 0.3) is 11.4 Å². The Morgan fingerprint density at radius 3 is 2.92 bits per heavy atom. The number of nitrogens with zero attached hydrogens (tertiary/aromatic N) is 3. The molecule has 0 fully saturated rings. The summed E-state index contributed by atoms with van der Waals surface area (Å²) in [5.41, 5.74) is 2.57. The van der Waals surface area contributed by atoms with E-state index in [4.69, 9.17) is 17.3 Å². The maximum absolute atomic E-state index is 5.75. The van der Waals surface area contributed by atoms with Gasteiger partial charge < -0.3 is 4.90 Å². The van der Waals surface area contributed by atoms with Gasteiger partial charge in [-0.1, -0.05) is 36.4 Å². The van der Waals surface area contributed by atoms with Gasteiger partial charge in [0.2, 0.25) is 4.77 Å². The smallest absolute Gasteiger partial charge is 0.203 e. The summed E-state index contributed by atoms with van der Waals surface area (Å²) in [6.07, 6.45) is 3.02. The second-order valence-electron chi connectivity index (χ2n) is 6.71. The van der Waals surface area contributed by atoms with E-state index in [9.17, 15) is 0 Å². The summed E-state index contributed by atoms with van der Waals surface area (Å²) in [5, 5.41) is 7.09. The zero-order valence-electron chi connectivity index (χ0n) is 14.9. The van der Waals surface area contributed by atoms with Gasteiger partial charge in [0.05, 0.1) is 6.54 Å². The van der Waals surface area contributed by atoms with Crippen LogP contribution in [0.1, 0.15) is 23.4 Å². The highest BCUT2D eigenvalue weighted by Crippen LogP contribution is 2.25. The third-order valence-corrected chi connectivity index (χ3v) is 6.58. The van der Waals surface area contributed by atoms with Gasteiger partial charge in [0.1, 0.15) is 6.04 Å². The zero-order chi connectivity index (χ0) is 18.1. The highest BCUT2D eigenvalue weighted by molar-refractivity contribution is 7.71. The van der Waals surface area contributed by atoms with Crippen molar-refractivity contribution in [1.29, 1.82) is 0 Å². The van der Waals surface area contributed by atoms with Crippen molar-refractivity contribution in [3.05, 3.63) is 69.6 Å². The number of hydrogen-bond donors (Lipinski definition) is 1. The highest BCUT2D eigenvalue weighted by Gasteiger charge is 2.29. The first kappa shape index (κ1) is 17.4. The maximum atomic E-state index is 5.75. The molecule has 0 amide bonds. The molecule has 1 N–H and O–H groups in total. The highest BCUT2D eigenvalue weighted by atomic mass is 32.1. The topological polar surface area (TPSA) is 27.2 Å². The molecule has 4 rings (SSSR count). The Morgan fingerprint density at radius 1 is 1.35 bits per heavy atom. The Bertz CT molecular complexity index is 967. The first-order chi connectivity index (χ1) is 12.7. The van der Waals surface area contributed by atoms with Crippen molar-refractivity contribution in [1.82, 2.24) is 14.3 Å². The molecule has 0 saturated heterocycles. The molecule has 0 spiro atoms. The van der Waals surface area contributed by atoms with E-state index in [2.05, 4.69) is 41.6 Å². The molecular weight excluding hydrogens is 360 g/mol. The van der Waals surface area contributed by atoms with Gasteiger partial charge >= 0.3 is 0 Å². The van der Waals surface area contributed by atoms with Crippen molar-refractivity contribution in [3.8, 4) is 11.4 Å². The van der Waals surface area contributed by atoms with E-state index in [1.54, 1.807) is 0 Å². The molecule has 0 bridgehead atoms. The van der Waals surface area contributed by atoms with Gasteiger partial charge in [0.15, 0.2) is 12.5 Å². The summed E-state index contributed by atoms with van der Waals surface area (Å²) in [5.74, 6) is 0.913. The Balaban J connectivity index is 1.67. The van der Waals surface area contributed by atoms with Gasteiger partial charge in [0.25, 0.3) is 0 Å². The number of nitrogens with one attached hydrogen (secondary N) is 1. The quantitative estimate of drug-likeness (QED) is 0.539. The number of allylic oxidation sites excluding steroid dienone is 1. The van der Waals surface area contributed by atoms with Crippen LogP contribution < -0.4 is 4.90 Å². The number of quaternary nitrogens is 1. The number of thiophene rings is 1. The second-order valence-corrected chi connectivity index (χ2v) is 8.07. The summed E-state index contributed by atoms with van der Waals surface area (Å²) < 4.78 is 4.83. The third-order valence-electron chi connectivity index (χ3n) is 5.15. The summed E-state index contributed by atoms with van der Waals surface area (Å²) in [6, 6.07) is 13.0. The van der Waals surface area contributed by atoms with Crippen LogP contribution >= 0.6 is 23.6 Å². The molecule has 2 atom stereocenters. The van der Waals surface area contributed by atoms with E-state index < -0.39 is 0 Å². The fourth-order valence-electron chi connectivity index (χ4n) is 3.70. The Morgan fingerprint density at radius 2 is 2.15 bits per heavy atom. The zero-order valence-corrected chi connectivity index (χ0v) is 16.5. The lowest BCUT2D eigenvalue weighted by atomic mass is 10.0. The largest absolute Gasteiger partial charge is 0.310 e. The van der Waals surface area contributed by atoms with E-state index >= 15 is 0 Å². The van der Waals surface area contributed by atoms with Crippen LogP contribution in [0, 0.1) is 4.77 Å². The van der Waals surface area contributed by atoms with E-state index in [1.807, 2.05) is 40.3 Å². The van der Waals surface area contributed by atoms with Gasteiger partial charge in [-0.2, -0.15) is 4.68 Å². The Hall–Kier alpha value is -2.02. The van der Waals surface area contributed by atoms with Gasteiger partial charge in [-0.25, -0.2) is 0 Å². The molecule has 0 saturated carbocycles. The molecule has 3 aromatic rings. The summed E-state index contributed by atoms with van der Waals surface area (Å²) >= 11 is 7.63. The molecule has 3 heterocycles. The SMILES string of the molecule is C=CCn1c(-c2ccccc2)nn(C[NH+]2CCc3sccc3[C@@H]2C)c1=S. The molecule has 6 heteroatoms. The van der Waals surface area contributed by atoms with Crippen molar-refractivity contribution in [3.63, 3.8) is 0 Å². The third kappa shape index (κ3) is 3.09. The normalized spacial score (nSPS) is 19.3. The minimum Gasteiger partial charge on any atom is -0.310 e. The van der Waals surface area contributed by atoms with Crippen LogP contribution in [0.4, 0.5) is 0 Å². The molecule has 1 aromatic carbocycles. The minimum absolute atomic E-state index is 0.469. The predicted molar refractivity (Wildman–Crippen MR) is 109 cm³/mol. The van der Waals surface area contributed by atoms with E-state index in [0.717, 1.165) is 35.8 Å².